The zero-order chi connectivity index (χ0) is 14.7. The highest BCUT2D eigenvalue weighted by Gasteiger charge is 2.22. The summed E-state index contributed by atoms with van der Waals surface area (Å²) >= 11 is 0. The molecule has 0 bridgehead atoms. The van der Waals surface area contributed by atoms with Gasteiger partial charge in [0, 0.05) is 18.7 Å². The van der Waals surface area contributed by atoms with E-state index in [1.54, 1.807) is 6.07 Å². The third-order valence-electron chi connectivity index (χ3n) is 4.21. The van der Waals surface area contributed by atoms with Gasteiger partial charge in [-0.3, -0.25) is 4.90 Å². The molecule has 1 heterocycles. The lowest BCUT2D eigenvalue weighted by molar-refractivity contribution is 0.108. The van der Waals surface area contributed by atoms with Crippen LogP contribution in [0.1, 0.15) is 38.0 Å². The number of halogens is 1. The second-order valence-electron chi connectivity index (χ2n) is 5.71. The molecule has 5 heteroatoms. The first kappa shape index (κ1) is 14.5. The van der Waals surface area contributed by atoms with Crippen LogP contribution < -0.4 is 0 Å². The van der Waals surface area contributed by atoms with Crippen LogP contribution in [0.25, 0.3) is 11.1 Å². The van der Waals surface area contributed by atoms with Crippen molar-refractivity contribution in [3.63, 3.8) is 0 Å². The number of oxazole rings is 1. The molecule has 21 heavy (non-hydrogen) atoms. The molecule has 0 aliphatic heterocycles. The maximum absolute atomic E-state index is 13.2. The summed E-state index contributed by atoms with van der Waals surface area (Å²) in [6.45, 7) is 1.32. The highest BCUT2D eigenvalue weighted by Crippen LogP contribution is 2.25. The van der Waals surface area contributed by atoms with Crippen molar-refractivity contribution in [2.75, 3.05) is 13.2 Å². The number of rotatable bonds is 5. The third-order valence-corrected chi connectivity index (χ3v) is 4.21. The van der Waals surface area contributed by atoms with Crippen molar-refractivity contribution in [1.82, 2.24) is 9.88 Å². The van der Waals surface area contributed by atoms with Crippen molar-refractivity contribution in [2.45, 2.75) is 44.7 Å². The van der Waals surface area contributed by atoms with E-state index in [1.807, 2.05) is 0 Å². The van der Waals surface area contributed by atoms with Crippen LogP contribution in [-0.4, -0.2) is 34.2 Å². The highest BCUT2D eigenvalue weighted by atomic mass is 19.1. The van der Waals surface area contributed by atoms with E-state index >= 15 is 0 Å². The van der Waals surface area contributed by atoms with Gasteiger partial charge < -0.3 is 9.52 Å². The summed E-state index contributed by atoms with van der Waals surface area (Å²) in [5, 5.41) is 9.28. The number of benzene rings is 1. The van der Waals surface area contributed by atoms with Gasteiger partial charge in [-0.2, -0.15) is 0 Å². The summed E-state index contributed by atoms with van der Waals surface area (Å²) in [5.41, 5.74) is 1.16. The number of fused-ring (bicyclic) bond motifs is 1. The quantitative estimate of drug-likeness (QED) is 0.920. The van der Waals surface area contributed by atoms with Gasteiger partial charge in [-0.15, -0.1) is 0 Å². The minimum Gasteiger partial charge on any atom is -0.439 e. The van der Waals surface area contributed by atoms with Gasteiger partial charge in [0.05, 0.1) is 13.2 Å². The number of aromatic nitrogens is 1. The third kappa shape index (κ3) is 3.41. The van der Waals surface area contributed by atoms with E-state index in [1.165, 1.54) is 31.4 Å². The van der Waals surface area contributed by atoms with Gasteiger partial charge in [0.2, 0.25) is 5.89 Å². The molecule has 2 aromatic rings. The summed E-state index contributed by atoms with van der Waals surface area (Å²) in [7, 11) is 0. The molecule has 4 nitrogen and oxygen atoms in total. The van der Waals surface area contributed by atoms with Crippen LogP contribution in [0.4, 0.5) is 4.39 Å². The van der Waals surface area contributed by atoms with Crippen LogP contribution in [0.5, 0.6) is 0 Å². The second-order valence-corrected chi connectivity index (χ2v) is 5.71. The van der Waals surface area contributed by atoms with E-state index in [0.29, 0.717) is 36.1 Å². The van der Waals surface area contributed by atoms with E-state index < -0.39 is 0 Å². The van der Waals surface area contributed by atoms with Crippen LogP contribution >= 0.6 is 0 Å². The lowest BCUT2D eigenvalue weighted by Gasteiger charge is -2.32. The Morgan fingerprint density at radius 3 is 2.86 bits per heavy atom. The fourth-order valence-electron chi connectivity index (χ4n) is 3.16. The fourth-order valence-corrected chi connectivity index (χ4v) is 3.16. The summed E-state index contributed by atoms with van der Waals surface area (Å²) in [4.78, 5) is 6.60. The molecular weight excluding hydrogens is 271 g/mol. The Hall–Kier alpha value is -1.46. The average molecular weight is 292 g/mol. The summed E-state index contributed by atoms with van der Waals surface area (Å²) in [6, 6.07) is 4.86. The van der Waals surface area contributed by atoms with Gasteiger partial charge in [0.25, 0.3) is 0 Å². The fraction of sp³-hybridized carbons (Fsp3) is 0.562. The smallest absolute Gasteiger partial charge is 0.209 e. The highest BCUT2D eigenvalue weighted by molar-refractivity contribution is 5.72. The van der Waals surface area contributed by atoms with E-state index in [0.717, 1.165) is 12.8 Å². The SMILES string of the molecule is OCCN(Cc1nc2cc(F)ccc2o1)C1CCCCC1. The lowest BCUT2D eigenvalue weighted by atomic mass is 9.94. The molecule has 114 valence electrons. The normalized spacial score (nSPS) is 16.9. The molecule has 3 rings (SSSR count). The van der Waals surface area contributed by atoms with Gasteiger partial charge in [-0.05, 0) is 25.0 Å². The molecule has 1 aromatic heterocycles. The number of hydrogen-bond acceptors (Lipinski definition) is 4. The standard InChI is InChI=1S/C16H21FN2O2/c17-12-6-7-15-14(10-12)18-16(21-15)11-19(8-9-20)13-4-2-1-3-5-13/h6-7,10,13,20H,1-5,8-9,11H2. The molecule has 1 aliphatic carbocycles. The predicted octanol–water partition coefficient (Wildman–Crippen LogP) is 3.09. The molecule has 1 saturated carbocycles. The first-order valence-corrected chi connectivity index (χ1v) is 7.66. The Kier molecular flexibility index (Phi) is 4.51. The maximum atomic E-state index is 13.2. The molecule has 1 N–H and O–H groups in total. The number of nitrogens with zero attached hydrogens (tertiary/aromatic N) is 2. The van der Waals surface area contributed by atoms with Crippen LogP contribution in [0, 0.1) is 5.82 Å². The van der Waals surface area contributed by atoms with Crippen LogP contribution in [0.15, 0.2) is 22.6 Å². The predicted molar refractivity (Wildman–Crippen MR) is 78.3 cm³/mol. The van der Waals surface area contributed by atoms with Gasteiger partial charge >= 0.3 is 0 Å². The zero-order valence-corrected chi connectivity index (χ0v) is 12.1. The molecule has 1 fully saturated rings. The van der Waals surface area contributed by atoms with E-state index in [9.17, 15) is 9.50 Å². The molecule has 0 atom stereocenters. The van der Waals surface area contributed by atoms with Gasteiger partial charge in [0.15, 0.2) is 5.58 Å². The number of aliphatic hydroxyl groups is 1. The van der Waals surface area contributed by atoms with Crippen molar-refractivity contribution in [3.05, 3.63) is 29.9 Å². The van der Waals surface area contributed by atoms with Gasteiger partial charge in [-0.1, -0.05) is 19.3 Å². The summed E-state index contributed by atoms with van der Waals surface area (Å²) in [5.74, 6) is 0.288. The first-order chi connectivity index (χ1) is 10.3. The van der Waals surface area contributed by atoms with Crippen molar-refractivity contribution in [3.8, 4) is 0 Å². The van der Waals surface area contributed by atoms with Crippen molar-refractivity contribution < 1.29 is 13.9 Å². The summed E-state index contributed by atoms with van der Waals surface area (Å²) in [6.07, 6.45) is 6.10. The topological polar surface area (TPSA) is 49.5 Å². The van der Waals surface area contributed by atoms with Crippen LogP contribution in [-0.2, 0) is 6.54 Å². The molecule has 0 saturated heterocycles. The molecule has 1 aliphatic rings. The Morgan fingerprint density at radius 2 is 2.10 bits per heavy atom. The van der Waals surface area contributed by atoms with Crippen molar-refractivity contribution in [1.29, 1.82) is 0 Å². The van der Waals surface area contributed by atoms with E-state index in [-0.39, 0.29) is 12.4 Å². The second kappa shape index (κ2) is 6.54. The minimum atomic E-state index is -0.304. The van der Waals surface area contributed by atoms with E-state index in [4.69, 9.17) is 4.42 Å². The molecular formula is C16H21FN2O2. The summed E-state index contributed by atoms with van der Waals surface area (Å²) < 4.78 is 18.9. The van der Waals surface area contributed by atoms with Gasteiger partial charge in [0.1, 0.15) is 11.3 Å². The minimum absolute atomic E-state index is 0.130. The number of aliphatic hydroxyl groups excluding tert-OH is 1. The largest absolute Gasteiger partial charge is 0.439 e. The monoisotopic (exact) mass is 292 g/mol. The molecule has 0 amide bonds. The Balaban J connectivity index is 1.76. The maximum Gasteiger partial charge on any atom is 0.209 e. The van der Waals surface area contributed by atoms with Crippen LogP contribution in [0.2, 0.25) is 0 Å². The van der Waals surface area contributed by atoms with E-state index in [2.05, 4.69) is 9.88 Å². The average Bonchev–Trinajstić information content (AvgIpc) is 2.89. The molecule has 0 spiro atoms. The molecule has 0 unspecified atom stereocenters. The lowest BCUT2D eigenvalue weighted by Crippen LogP contribution is -2.38. The van der Waals surface area contributed by atoms with Crippen LogP contribution in [0.3, 0.4) is 0 Å². The first-order valence-electron chi connectivity index (χ1n) is 7.66. The molecule has 0 radical (unpaired) electrons. The Bertz CT molecular complexity index is 593. The Morgan fingerprint density at radius 1 is 1.29 bits per heavy atom. The van der Waals surface area contributed by atoms with Crippen molar-refractivity contribution >= 4 is 11.1 Å². The zero-order valence-electron chi connectivity index (χ0n) is 12.1. The molecule has 1 aromatic carbocycles. The number of hydrogen-bond donors (Lipinski definition) is 1. The van der Waals surface area contributed by atoms with Gasteiger partial charge in [-0.25, -0.2) is 9.37 Å². The Labute approximate surface area is 123 Å². The van der Waals surface area contributed by atoms with Crippen molar-refractivity contribution in [2.24, 2.45) is 0 Å².